The second-order valence-electron chi connectivity index (χ2n) is 5.70. The van der Waals surface area contributed by atoms with Gasteiger partial charge in [-0.25, -0.2) is 0 Å². The van der Waals surface area contributed by atoms with E-state index in [0.717, 1.165) is 5.56 Å². The molecule has 0 spiro atoms. The molecule has 5 heteroatoms. The SMILES string of the molecule is C#Cc1ccc(OC(F)(F)F)c(-c2ccc(OCc3ccccc3)cc2)c1. The van der Waals surface area contributed by atoms with Crippen molar-refractivity contribution in [2.24, 2.45) is 0 Å². The lowest BCUT2D eigenvalue weighted by Gasteiger charge is -2.14. The van der Waals surface area contributed by atoms with E-state index in [4.69, 9.17) is 11.2 Å². The lowest BCUT2D eigenvalue weighted by atomic mass is 10.0. The largest absolute Gasteiger partial charge is 0.573 e. The molecule has 0 radical (unpaired) electrons. The van der Waals surface area contributed by atoms with Gasteiger partial charge in [0.1, 0.15) is 18.1 Å². The van der Waals surface area contributed by atoms with Crippen molar-refractivity contribution in [3.05, 3.63) is 83.9 Å². The van der Waals surface area contributed by atoms with Crippen LogP contribution in [0.25, 0.3) is 11.1 Å². The average Bonchev–Trinajstić information content (AvgIpc) is 2.67. The zero-order chi connectivity index (χ0) is 19.3. The molecule has 0 saturated heterocycles. The Morgan fingerprint density at radius 2 is 1.59 bits per heavy atom. The van der Waals surface area contributed by atoms with Gasteiger partial charge in [-0.2, -0.15) is 0 Å². The first-order valence-corrected chi connectivity index (χ1v) is 8.08. The molecule has 0 saturated carbocycles. The Morgan fingerprint density at radius 1 is 0.889 bits per heavy atom. The van der Waals surface area contributed by atoms with Crippen LogP contribution < -0.4 is 9.47 Å². The molecule has 0 aliphatic heterocycles. The third kappa shape index (κ3) is 5.05. The number of rotatable bonds is 5. The molecule has 0 atom stereocenters. The molecule has 0 unspecified atom stereocenters. The lowest BCUT2D eigenvalue weighted by Crippen LogP contribution is -2.17. The number of alkyl halides is 3. The number of terminal acetylenes is 1. The van der Waals surface area contributed by atoms with Crippen molar-refractivity contribution in [3.63, 3.8) is 0 Å². The van der Waals surface area contributed by atoms with Crippen LogP contribution in [0.3, 0.4) is 0 Å². The molecule has 0 N–H and O–H groups in total. The Bertz CT molecular complexity index is 940. The van der Waals surface area contributed by atoms with Crippen LogP contribution in [0.1, 0.15) is 11.1 Å². The van der Waals surface area contributed by atoms with Gasteiger partial charge in [0.25, 0.3) is 0 Å². The Kier molecular flexibility index (Phi) is 5.37. The molecule has 3 aromatic carbocycles. The highest BCUT2D eigenvalue weighted by molar-refractivity contribution is 5.72. The van der Waals surface area contributed by atoms with Crippen LogP contribution in [0, 0.1) is 12.3 Å². The van der Waals surface area contributed by atoms with Crippen molar-refractivity contribution < 1.29 is 22.6 Å². The van der Waals surface area contributed by atoms with Crippen LogP contribution >= 0.6 is 0 Å². The molecule has 0 bridgehead atoms. The fourth-order valence-electron chi connectivity index (χ4n) is 2.53. The predicted octanol–water partition coefficient (Wildman–Crippen LogP) is 5.81. The van der Waals surface area contributed by atoms with Gasteiger partial charge in [0.15, 0.2) is 0 Å². The molecule has 136 valence electrons. The summed E-state index contributed by atoms with van der Waals surface area (Å²) < 4.78 is 47.8. The van der Waals surface area contributed by atoms with Crippen LogP contribution in [0.15, 0.2) is 72.8 Å². The Hall–Kier alpha value is -3.39. The maximum absolute atomic E-state index is 12.7. The molecule has 0 aliphatic rings. The summed E-state index contributed by atoms with van der Waals surface area (Å²) in [7, 11) is 0. The van der Waals surface area contributed by atoms with Gasteiger partial charge in [-0.1, -0.05) is 48.4 Å². The van der Waals surface area contributed by atoms with E-state index in [2.05, 4.69) is 10.7 Å². The first-order valence-electron chi connectivity index (χ1n) is 8.08. The summed E-state index contributed by atoms with van der Waals surface area (Å²) in [6, 6.07) is 20.5. The highest BCUT2D eigenvalue weighted by Gasteiger charge is 2.32. The van der Waals surface area contributed by atoms with Crippen molar-refractivity contribution >= 4 is 0 Å². The molecule has 27 heavy (non-hydrogen) atoms. The molecule has 0 heterocycles. The Morgan fingerprint density at radius 3 is 2.22 bits per heavy atom. The number of benzene rings is 3. The lowest BCUT2D eigenvalue weighted by molar-refractivity contribution is -0.274. The van der Waals surface area contributed by atoms with E-state index in [1.165, 1.54) is 18.2 Å². The fourth-order valence-corrected chi connectivity index (χ4v) is 2.53. The Balaban J connectivity index is 1.82. The maximum Gasteiger partial charge on any atom is 0.573 e. The van der Waals surface area contributed by atoms with E-state index in [1.54, 1.807) is 24.3 Å². The highest BCUT2D eigenvalue weighted by Crippen LogP contribution is 2.35. The molecule has 3 rings (SSSR count). The molecular weight excluding hydrogens is 353 g/mol. The third-order valence-corrected chi connectivity index (χ3v) is 3.79. The Labute approximate surface area is 155 Å². The van der Waals surface area contributed by atoms with Crippen molar-refractivity contribution in [1.82, 2.24) is 0 Å². The summed E-state index contributed by atoms with van der Waals surface area (Å²) in [6.45, 7) is 0.398. The number of halogens is 3. The summed E-state index contributed by atoms with van der Waals surface area (Å²) in [5.74, 6) is 2.72. The smallest absolute Gasteiger partial charge is 0.489 e. The summed E-state index contributed by atoms with van der Waals surface area (Å²) >= 11 is 0. The van der Waals surface area contributed by atoms with E-state index in [0.29, 0.717) is 23.5 Å². The van der Waals surface area contributed by atoms with Crippen LogP contribution in [0.4, 0.5) is 13.2 Å². The normalized spacial score (nSPS) is 10.9. The van der Waals surface area contributed by atoms with Crippen molar-refractivity contribution in [1.29, 1.82) is 0 Å². The van der Waals surface area contributed by atoms with E-state index in [1.807, 2.05) is 30.3 Å². The molecule has 0 fully saturated rings. The highest BCUT2D eigenvalue weighted by atomic mass is 19.4. The number of ether oxygens (including phenoxy) is 2. The molecule has 0 aromatic heterocycles. The van der Waals surface area contributed by atoms with Crippen molar-refractivity contribution in [3.8, 4) is 35.0 Å². The van der Waals surface area contributed by atoms with E-state index < -0.39 is 6.36 Å². The van der Waals surface area contributed by atoms with Crippen LogP contribution in [0.5, 0.6) is 11.5 Å². The van der Waals surface area contributed by atoms with Gasteiger partial charge in [-0.3, -0.25) is 0 Å². The number of hydrogen-bond acceptors (Lipinski definition) is 2. The van der Waals surface area contributed by atoms with Gasteiger partial charge >= 0.3 is 6.36 Å². The molecule has 2 nitrogen and oxygen atoms in total. The van der Waals surface area contributed by atoms with Crippen LogP contribution in [-0.4, -0.2) is 6.36 Å². The molecule has 0 amide bonds. The first-order chi connectivity index (χ1) is 12.9. The molecular formula is C22H15F3O2. The van der Waals surface area contributed by atoms with Gasteiger partial charge in [-0.05, 0) is 41.5 Å². The second kappa shape index (κ2) is 7.88. The topological polar surface area (TPSA) is 18.5 Å². The van der Waals surface area contributed by atoms with Gasteiger partial charge in [-0.15, -0.1) is 19.6 Å². The van der Waals surface area contributed by atoms with Crippen LogP contribution in [-0.2, 0) is 6.61 Å². The first kappa shape index (κ1) is 18.4. The zero-order valence-electron chi connectivity index (χ0n) is 14.2. The van der Waals surface area contributed by atoms with Gasteiger partial charge < -0.3 is 9.47 Å². The summed E-state index contributed by atoms with van der Waals surface area (Å²) in [4.78, 5) is 0. The van der Waals surface area contributed by atoms with Gasteiger partial charge in [0.05, 0.1) is 0 Å². The average molecular weight is 368 g/mol. The zero-order valence-corrected chi connectivity index (χ0v) is 14.2. The summed E-state index contributed by atoms with van der Waals surface area (Å²) in [5.41, 5.74) is 2.28. The van der Waals surface area contributed by atoms with E-state index >= 15 is 0 Å². The predicted molar refractivity (Wildman–Crippen MR) is 97.3 cm³/mol. The minimum Gasteiger partial charge on any atom is -0.489 e. The standard InChI is InChI=1S/C22H15F3O2/c1-2-16-8-13-21(27-22(23,24)25)20(14-16)18-9-11-19(12-10-18)26-15-17-6-4-3-5-7-17/h1,3-14H,15H2. The number of hydrogen-bond donors (Lipinski definition) is 0. The van der Waals surface area contributed by atoms with E-state index in [-0.39, 0.29) is 11.3 Å². The van der Waals surface area contributed by atoms with Gasteiger partial charge in [0, 0.05) is 11.1 Å². The quantitative estimate of drug-likeness (QED) is 0.529. The van der Waals surface area contributed by atoms with Crippen LogP contribution in [0.2, 0.25) is 0 Å². The van der Waals surface area contributed by atoms with Crippen molar-refractivity contribution in [2.75, 3.05) is 0 Å². The molecule has 3 aromatic rings. The van der Waals surface area contributed by atoms with E-state index in [9.17, 15) is 13.2 Å². The summed E-state index contributed by atoms with van der Waals surface area (Å²) in [6.07, 6.45) is 0.573. The third-order valence-electron chi connectivity index (χ3n) is 3.79. The fraction of sp³-hybridized carbons (Fsp3) is 0.0909. The molecule has 0 aliphatic carbocycles. The maximum atomic E-state index is 12.7. The van der Waals surface area contributed by atoms with Crippen molar-refractivity contribution in [2.45, 2.75) is 13.0 Å². The summed E-state index contributed by atoms with van der Waals surface area (Å²) in [5, 5.41) is 0. The minimum absolute atomic E-state index is 0.261. The minimum atomic E-state index is -4.79. The second-order valence-corrected chi connectivity index (χ2v) is 5.70. The van der Waals surface area contributed by atoms with Gasteiger partial charge in [0.2, 0.25) is 0 Å². The monoisotopic (exact) mass is 368 g/mol.